The average Bonchev–Trinajstić information content (AvgIpc) is 2.75. The third-order valence-corrected chi connectivity index (χ3v) is 7.65. The van der Waals surface area contributed by atoms with Gasteiger partial charge in [0.05, 0.1) is 4.90 Å². The molecule has 2 aromatic carbocycles. The van der Waals surface area contributed by atoms with E-state index in [4.69, 9.17) is 0 Å². The molecule has 9 heteroatoms. The van der Waals surface area contributed by atoms with Crippen molar-refractivity contribution in [2.75, 3.05) is 12.4 Å². The molecule has 0 saturated carbocycles. The van der Waals surface area contributed by atoms with Crippen molar-refractivity contribution in [3.63, 3.8) is 0 Å². The number of anilines is 1. The molecule has 0 bridgehead atoms. The maximum absolute atomic E-state index is 12.6. The zero-order valence-corrected chi connectivity index (χ0v) is 19.4. The maximum Gasteiger partial charge on any atom is 0.255 e. The highest BCUT2D eigenvalue weighted by molar-refractivity contribution is 7.99. The van der Waals surface area contributed by atoms with Gasteiger partial charge in [-0.2, -0.15) is 4.31 Å². The van der Waals surface area contributed by atoms with Gasteiger partial charge in [-0.15, -0.1) is 0 Å². The molecule has 0 aliphatic carbocycles. The second kappa shape index (κ2) is 9.59. The SMILES string of the molecule is Cc1cc(Sc2ncccn2)ccc1NC(=O)c1ccc(S(=O)(=O)N(C)C(C)C)cc1. The molecule has 3 aromatic rings. The van der Waals surface area contributed by atoms with Crippen molar-refractivity contribution < 1.29 is 13.2 Å². The number of rotatable bonds is 7. The number of aryl methyl sites for hydroxylation is 1. The molecule has 0 aliphatic rings. The molecule has 0 aliphatic heterocycles. The van der Waals surface area contributed by atoms with E-state index in [0.717, 1.165) is 10.5 Å². The Bertz CT molecular complexity index is 1170. The first-order chi connectivity index (χ1) is 14.7. The zero-order valence-electron chi connectivity index (χ0n) is 17.7. The van der Waals surface area contributed by atoms with Crippen molar-refractivity contribution in [2.24, 2.45) is 0 Å². The largest absolute Gasteiger partial charge is 0.322 e. The van der Waals surface area contributed by atoms with Crippen LogP contribution in [0.25, 0.3) is 0 Å². The van der Waals surface area contributed by atoms with Crippen molar-refractivity contribution in [2.45, 2.75) is 41.8 Å². The van der Waals surface area contributed by atoms with Gasteiger partial charge in [0.15, 0.2) is 5.16 Å². The molecular formula is C22H24N4O3S2. The fraction of sp³-hybridized carbons (Fsp3) is 0.227. The summed E-state index contributed by atoms with van der Waals surface area (Å²) in [5.74, 6) is -0.309. The summed E-state index contributed by atoms with van der Waals surface area (Å²) >= 11 is 1.44. The molecule has 7 nitrogen and oxygen atoms in total. The highest BCUT2D eigenvalue weighted by Gasteiger charge is 2.23. The summed E-state index contributed by atoms with van der Waals surface area (Å²) in [5.41, 5.74) is 1.95. The quantitative estimate of drug-likeness (QED) is 0.535. The number of hydrogen-bond acceptors (Lipinski definition) is 6. The fourth-order valence-corrected chi connectivity index (χ4v) is 4.88. The van der Waals surface area contributed by atoms with E-state index in [2.05, 4.69) is 15.3 Å². The first kappa shape index (κ1) is 22.9. The van der Waals surface area contributed by atoms with Crippen LogP contribution in [0.1, 0.15) is 29.8 Å². The minimum absolute atomic E-state index is 0.154. The van der Waals surface area contributed by atoms with E-state index in [9.17, 15) is 13.2 Å². The van der Waals surface area contributed by atoms with Gasteiger partial charge >= 0.3 is 0 Å². The molecule has 0 radical (unpaired) electrons. The molecule has 0 unspecified atom stereocenters. The minimum Gasteiger partial charge on any atom is -0.322 e. The van der Waals surface area contributed by atoms with Crippen LogP contribution in [0.3, 0.4) is 0 Å². The predicted octanol–water partition coefficient (Wildman–Crippen LogP) is 4.22. The van der Waals surface area contributed by atoms with Crippen molar-refractivity contribution >= 4 is 33.4 Å². The summed E-state index contributed by atoms with van der Waals surface area (Å²) in [4.78, 5) is 22.2. The lowest BCUT2D eigenvalue weighted by Gasteiger charge is -2.21. The van der Waals surface area contributed by atoms with Crippen molar-refractivity contribution in [1.82, 2.24) is 14.3 Å². The van der Waals surface area contributed by atoms with Gasteiger partial charge < -0.3 is 5.32 Å². The Morgan fingerprint density at radius 2 is 1.71 bits per heavy atom. The van der Waals surface area contributed by atoms with E-state index in [1.807, 2.05) is 25.1 Å². The number of aromatic nitrogens is 2. The number of sulfonamides is 1. The van der Waals surface area contributed by atoms with Gasteiger partial charge in [0.1, 0.15) is 0 Å². The topological polar surface area (TPSA) is 92.3 Å². The number of amides is 1. The molecular weight excluding hydrogens is 432 g/mol. The monoisotopic (exact) mass is 456 g/mol. The molecule has 3 rings (SSSR count). The summed E-state index contributed by atoms with van der Waals surface area (Å²) in [6.07, 6.45) is 3.38. The van der Waals surface area contributed by atoms with Gasteiger partial charge in [0.25, 0.3) is 5.91 Å². The summed E-state index contributed by atoms with van der Waals surface area (Å²) in [6, 6.07) is 13.2. The van der Waals surface area contributed by atoms with E-state index in [1.54, 1.807) is 32.3 Å². The van der Waals surface area contributed by atoms with Crippen LogP contribution in [0.2, 0.25) is 0 Å². The highest BCUT2D eigenvalue weighted by atomic mass is 32.2. The van der Waals surface area contributed by atoms with Crippen molar-refractivity contribution in [3.05, 3.63) is 72.1 Å². The second-order valence-electron chi connectivity index (χ2n) is 7.20. The third kappa shape index (κ3) is 5.49. The third-order valence-electron chi connectivity index (χ3n) is 4.72. The van der Waals surface area contributed by atoms with Gasteiger partial charge in [0, 0.05) is 41.6 Å². The Balaban J connectivity index is 1.71. The van der Waals surface area contributed by atoms with Gasteiger partial charge in [-0.05, 0) is 86.6 Å². The van der Waals surface area contributed by atoms with Crippen LogP contribution < -0.4 is 5.32 Å². The molecule has 31 heavy (non-hydrogen) atoms. The second-order valence-corrected chi connectivity index (χ2v) is 10.2. The number of carbonyl (C=O) groups excluding carboxylic acids is 1. The Kier molecular flexibility index (Phi) is 7.09. The molecule has 1 amide bonds. The van der Waals surface area contributed by atoms with Gasteiger partial charge in [-0.1, -0.05) is 0 Å². The molecule has 1 aromatic heterocycles. The van der Waals surface area contributed by atoms with Crippen LogP contribution >= 0.6 is 11.8 Å². The zero-order chi connectivity index (χ0) is 22.6. The molecule has 0 saturated heterocycles. The number of nitrogens with zero attached hydrogens (tertiary/aromatic N) is 3. The lowest BCUT2D eigenvalue weighted by atomic mass is 10.1. The van der Waals surface area contributed by atoms with E-state index in [0.29, 0.717) is 16.4 Å². The lowest BCUT2D eigenvalue weighted by molar-refractivity contribution is 0.102. The predicted molar refractivity (Wildman–Crippen MR) is 122 cm³/mol. The Morgan fingerprint density at radius 3 is 2.29 bits per heavy atom. The first-order valence-electron chi connectivity index (χ1n) is 9.63. The van der Waals surface area contributed by atoms with Gasteiger partial charge in [-0.25, -0.2) is 18.4 Å². The standard InChI is InChI=1S/C22H24N4O3S2/c1-15(2)26(4)31(28,29)19-9-6-17(7-10-19)21(27)25-20-11-8-18(14-16(20)3)30-22-23-12-5-13-24-22/h5-15H,1-4H3,(H,25,27). The minimum atomic E-state index is -3.59. The lowest BCUT2D eigenvalue weighted by Crippen LogP contribution is -2.33. The Hall–Kier alpha value is -2.75. The van der Waals surface area contributed by atoms with Crippen molar-refractivity contribution in [3.8, 4) is 0 Å². The highest BCUT2D eigenvalue weighted by Crippen LogP contribution is 2.28. The molecule has 1 heterocycles. The fourth-order valence-electron chi connectivity index (χ4n) is 2.70. The molecule has 1 N–H and O–H groups in total. The molecule has 0 atom stereocenters. The Labute approximate surface area is 187 Å². The first-order valence-corrected chi connectivity index (χ1v) is 11.9. The van der Waals surface area contributed by atoms with Gasteiger partial charge in [-0.3, -0.25) is 4.79 Å². The smallest absolute Gasteiger partial charge is 0.255 e. The molecule has 162 valence electrons. The number of benzene rings is 2. The van der Waals surface area contributed by atoms with E-state index in [1.165, 1.54) is 47.4 Å². The van der Waals surface area contributed by atoms with E-state index in [-0.39, 0.29) is 16.8 Å². The summed E-state index contributed by atoms with van der Waals surface area (Å²) < 4.78 is 26.4. The van der Waals surface area contributed by atoms with Crippen molar-refractivity contribution in [1.29, 1.82) is 0 Å². The normalized spacial score (nSPS) is 11.7. The summed E-state index contributed by atoms with van der Waals surface area (Å²) in [7, 11) is -2.05. The van der Waals surface area contributed by atoms with E-state index < -0.39 is 10.0 Å². The van der Waals surface area contributed by atoms with Crippen LogP contribution in [0.4, 0.5) is 5.69 Å². The average molecular weight is 457 g/mol. The van der Waals surface area contributed by atoms with Crippen LogP contribution in [0.15, 0.2) is 75.9 Å². The van der Waals surface area contributed by atoms with Gasteiger partial charge in [0.2, 0.25) is 10.0 Å². The number of hydrogen-bond donors (Lipinski definition) is 1. The summed E-state index contributed by atoms with van der Waals surface area (Å²) in [6.45, 7) is 5.51. The van der Waals surface area contributed by atoms with Crippen LogP contribution in [0, 0.1) is 6.92 Å². The van der Waals surface area contributed by atoms with Crippen LogP contribution in [-0.4, -0.2) is 41.7 Å². The van der Waals surface area contributed by atoms with Crippen LogP contribution in [0.5, 0.6) is 0 Å². The summed E-state index contributed by atoms with van der Waals surface area (Å²) in [5, 5.41) is 3.53. The molecule has 0 fully saturated rings. The van der Waals surface area contributed by atoms with Crippen LogP contribution in [-0.2, 0) is 10.0 Å². The Morgan fingerprint density at radius 1 is 1.06 bits per heavy atom. The molecule has 0 spiro atoms. The number of nitrogens with one attached hydrogen (secondary N) is 1. The maximum atomic E-state index is 12.6. The number of carbonyl (C=O) groups is 1. The van der Waals surface area contributed by atoms with E-state index >= 15 is 0 Å².